The Balaban J connectivity index is 1.33. The molecular weight excluding hydrogens is 350 g/mol. The molecule has 5 heteroatoms. The van der Waals surface area contributed by atoms with Crippen LogP contribution in [0.25, 0.3) is 0 Å². The average molecular weight is 377 g/mol. The van der Waals surface area contributed by atoms with Gasteiger partial charge in [0.15, 0.2) is 0 Å². The van der Waals surface area contributed by atoms with Crippen LogP contribution < -0.4 is 10.2 Å². The highest BCUT2D eigenvalue weighted by molar-refractivity contribution is 6.07. The van der Waals surface area contributed by atoms with E-state index in [2.05, 4.69) is 41.4 Å². The lowest BCUT2D eigenvalue weighted by Crippen LogP contribution is -2.53. The van der Waals surface area contributed by atoms with E-state index in [1.807, 2.05) is 35.2 Å². The summed E-state index contributed by atoms with van der Waals surface area (Å²) in [6.45, 7) is 5.50. The van der Waals surface area contributed by atoms with Crippen molar-refractivity contribution >= 4 is 17.5 Å². The number of rotatable bonds is 5. The first kappa shape index (κ1) is 18.5. The Morgan fingerprint density at radius 2 is 1.68 bits per heavy atom. The molecule has 1 aliphatic heterocycles. The Morgan fingerprint density at radius 3 is 2.32 bits per heavy atom. The molecule has 1 heterocycles. The summed E-state index contributed by atoms with van der Waals surface area (Å²) in [5.74, 6) is -0.121. The van der Waals surface area contributed by atoms with Gasteiger partial charge < -0.3 is 15.1 Å². The highest BCUT2D eigenvalue weighted by Gasteiger charge is 2.58. The third-order valence-electron chi connectivity index (χ3n) is 5.82. The Labute approximate surface area is 166 Å². The van der Waals surface area contributed by atoms with E-state index in [9.17, 15) is 9.59 Å². The molecule has 0 bridgehead atoms. The first-order valence-corrected chi connectivity index (χ1v) is 10.0. The fraction of sp³-hybridized carbons (Fsp3) is 0.391. The smallest absolute Gasteiger partial charge is 0.238 e. The molecule has 1 saturated carbocycles. The van der Waals surface area contributed by atoms with Crippen molar-refractivity contribution in [1.82, 2.24) is 10.2 Å². The van der Waals surface area contributed by atoms with E-state index in [1.54, 1.807) is 0 Å². The van der Waals surface area contributed by atoms with Crippen molar-refractivity contribution in [3.63, 3.8) is 0 Å². The molecular formula is C23H27N3O2. The summed E-state index contributed by atoms with van der Waals surface area (Å²) >= 11 is 0. The molecule has 2 amide bonds. The Morgan fingerprint density at radius 1 is 0.964 bits per heavy atom. The molecule has 2 aliphatic rings. The first-order chi connectivity index (χ1) is 13.6. The van der Waals surface area contributed by atoms with Crippen molar-refractivity contribution in [2.24, 2.45) is 5.41 Å². The summed E-state index contributed by atoms with van der Waals surface area (Å²) in [7, 11) is 0. The third kappa shape index (κ3) is 3.75. The van der Waals surface area contributed by atoms with Crippen LogP contribution in [0.5, 0.6) is 0 Å². The van der Waals surface area contributed by atoms with Crippen molar-refractivity contribution in [3.05, 3.63) is 65.7 Å². The van der Waals surface area contributed by atoms with Crippen LogP contribution in [0.2, 0.25) is 0 Å². The van der Waals surface area contributed by atoms with Gasteiger partial charge in [0, 0.05) is 38.4 Å². The maximum atomic E-state index is 13.1. The zero-order valence-corrected chi connectivity index (χ0v) is 16.4. The van der Waals surface area contributed by atoms with Crippen LogP contribution in [0.1, 0.15) is 24.0 Å². The fourth-order valence-corrected chi connectivity index (χ4v) is 3.91. The predicted octanol–water partition coefficient (Wildman–Crippen LogP) is 2.74. The van der Waals surface area contributed by atoms with Crippen LogP contribution in [0, 0.1) is 12.3 Å². The second kappa shape index (κ2) is 7.66. The van der Waals surface area contributed by atoms with Crippen LogP contribution in [0.3, 0.4) is 0 Å². The predicted molar refractivity (Wildman–Crippen MR) is 110 cm³/mol. The summed E-state index contributed by atoms with van der Waals surface area (Å²) in [5, 5.41) is 2.97. The molecule has 1 aliphatic carbocycles. The summed E-state index contributed by atoms with van der Waals surface area (Å²) < 4.78 is 0. The highest BCUT2D eigenvalue weighted by atomic mass is 16.2. The van der Waals surface area contributed by atoms with Gasteiger partial charge in [0.1, 0.15) is 5.41 Å². The van der Waals surface area contributed by atoms with Crippen LogP contribution >= 0.6 is 0 Å². The first-order valence-electron chi connectivity index (χ1n) is 10.0. The number of nitrogens with zero attached hydrogens (tertiary/aromatic N) is 2. The van der Waals surface area contributed by atoms with E-state index in [1.165, 1.54) is 11.3 Å². The van der Waals surface area contributed by atoms with Crippen molar-refractivity contribution in [2.45, 2.75) is 26.3 Å². The lowest BCUT2D eigenvalue weighted by atomic mass is 10.0. The molecule has 5 nitrogen and oxygen atoms in total. The number of carbonyl (C=O) groups is 2. The lowest BCUT2D eigenvalue weighted by Gasteiger charge is -2.37. The summed E-state index contributed by atoms with van der Waals surface area (Å²) in [6, 6.07) is 18.3. The average Bonchev–Trinajstić information content (AvgIpc) is 3.54. The molecule has 1 saturated heterocycles. The van der Waals surface area contributed by atoms with Crippen molar-refractivity contribution in [1.29, 1.82) is 0 Å². The van der Waals surface area contributed by atoms with Crippen LogP contribution in [0.4, 0.5) is 5.69 Å². The largest absolute Gasteiger partial charge is 0.368 e. The minimum Gasteiger partial charge on any atom is -0.368 e. The Kier molecular flexibility index (Phi) is 5.07. The fourth-order valence-electron chi connectivity index (χ4n) is 3.91. The van der Waals surface area contributed by atoms with E-state index in [-0.39, 0.29) is 11.8 Å². The van der Waals surface area contributed by atoms with Gasteiger partial charge in [-0.15, -0.1) is 0 Å². The monoisotopic (exact) mass is 377 g/mol. The molecule has 0 atom stereocenters. The maximum absolute atomic E-state index is 13.1. The van der Waals surface area contributed by atoms with Gasteiger partial charge in [-0.1, -0.05) is 42.5 Å². The maximum Gasteiger partial charge on any atom is 0.238 e. The molecule has 0 spiro atoms. The standard InChI is InChI=1S/C23H27N3O2/c1-18-6-5-9-20(16-18)25-12-14-26(15-13-25)22(28)23(10-11-23)21(27)24-17-19-7-3-2-4-8-19/h2-9,16H,10-15,17H2,1H3,(H,24,27). The number of benzene rings is 2. The number of nitrogens with one attached hydrogen (secondary N) is 1. The van der Waals surface area contributed by atoms with E-state index in [0.29, 0.717) is 32.5 Å². The third-order valence-corrected chi connectivity index (χ3v) is 5.82. The number of carbonyl (C=O) groups excluding carboxylic acids is 2. The zero-order valence-electron chi connectivity index (χ0n) is 16.4. The van der Waals surface area contributed by atoms with Gasteiger partial charge >= 0.3 is 0 Å². The lowest BCUT2D eigenvalue weighted by molar-refractivity contribution is -0.144. The van der Waals surface area contributed by atoms with Crippen molar-refractivity contribution < 1.29 is 9.59 Å². The SMILES string of the molecule is Cc1cccc(N2CCN(C(=O)C3(C(=O)NCc4ccccc4)CC3)CC2)c1. The van der Waals surface area contributed by atoms with Crippen LogP contribution in [-0.4, -0.2) is 42.9 Å². The summed E-state index contributed by atoms with van der Waals surface area (Å²) in [4.78, 5) is 30.0. The number of aryl methyl sites for hydroxylation is 1. The normalized spacial score (nSPS) is 17.9. The highest BCUT2D eigenvalue weighted by Crippen LogP contribution is 2.47. The second-order valence-corrected chi connectivity index (χ2v) is 7.87. The molecule has 0 unspecified atom stereocenters. The summed E-state index contributed by atoms with van der Waals surface area (Å²) in [5.41, 5.74) is 2.66. The van der Waals surface area contributed by atoms with E-state index in [4.69, 9.17) is 0 Å². The van der Waals surface area contributed by atoms with Gasteiger partial charge in [0.2, 0.25) is 11.8 Å². The number of anilines is 1. The summed E-state index contributed by atoms with van der Waals surface area (Å²) in [6.07, 6.45) is 1.31. The molecule has 0 radical (unpaired) electrons. The number of hydrogen-bond acceptors (Lipinski definition) is 3. The topological polar surface area (TPSA) is 52.7 Å². The van der Waals surface area contributed by atoms with Gasteiger partial charge in [-0.25, -0.2) is 0 Å². The van der Waals surface area contributed by atoms with E-state index >= 15 is 0 Å². The Hall–Kier alpha value is -2.82. The van der Waals surface area contributed by atoms with E-state index in [0.717, 1.165) is 18.7 Å². The number of hydrogen-bond donors (Lipinski definition) is 1. The Bertz CT molecular complexity index is 853. The van der Waals surface area contributed by atoms with Crippen LogP contribution in [-0.2, 0) is 16.1 Å². The minimum atomic E-state index is -0.833. The molecule has 2 fully saturated rings. The molecule has 0 aromatic heterocycles. The molecule has 146 valence electrons. The zero-order chi connectivity index (χ0) is 19.6. The van der Waals surface area contributed by atoms with Gasteiger partial charge in [-0.05, 0) is 43.0 Å². The molecule has 4 rings (SSSR count). The van der Waals surface area contributed by atoms with E-state index < -0.39 is 5.41 Å². The number of piperazine rings is 1. The quantitative estimate of drug-likeness (QED) is 0.815. The van der Waals surface area contributed by atoms with Gasteiger partial charge in [0.05, 0.1) is 0 Å². The van der Waals surface area contributed by atoms with Crippen molar-refractivity contribution in [2.75, 3.05) is 31.1 Å². The molecule has 28 heavy (non-hydrogen) atoms. The molecule has 1 N–H and O–H groups in total. The molecule has 2 aromatic rings. The second-order valence-electron chi connectivity index (χ2n) is 7.87. The van der Waals surface area contributed by atoms with Crippen molar-refractivity contribution in [3.8, 4) is 0 Å². The number of amides is 2. The van der Waals surface area contributed by atoms with Crippen LogP contribution in [0.15, 0.2) is 54.6 Å². The molecule has 2 aromatic carbocycles. The van der Waals surface area contributed by atoms with Gasteiger partial charge in [-0.3, -0.25) is 9.59 Å². The van der Waals surface area contributed by atoms with Gasteiger partial charge in [0.25, 0.3) is 0 Å². The van der Waals surface area contributed by atoms with Gasteiger partial charge in [-0.2, -0.15) is 0 Å². The minimum absolute atomic E-state index is 0.00181.